The molecule has 1 aromatic carbocycles. The third kappa shape index (κ3) is 3.17. The zero-order valence-electron chi connectivity index (χ0n) is 11.3. The average Bonchev–Trinajstić information content (AvgIpc) is 2.95. The molecule has 0 spiro atoms. The minimum atomic E-state index is -0.839. The number of carboxylic acids is 1. The summed E-state index contributed by atoms with van der Waals surface area (Å²) in [6, 6.07) is 7.39. The molecular formula is C15H17NO4. The second kappa shape index (κ2) is 6.23. The van der Waals surface area contributed by atoms with E-state index in [-0.39, 0.29) is 12.5 Å². The summed E-state index contributed by atoms with van der Waals surface area (Å²) in [6.45, 7) is 0.774. The van der Waals surface area contributed by atoms with Crippen molar-refractivity contribution >= 4 is 18.0 Å². The Morgan fingerprint density at radius 2 is 2.15 bits per heavy atom. The SMILES string of the molecule is COc1ccccc1C=CC(=O)N1CCC(C(=O)O)C1. The summed E-state index contributed by atoms with van der Waals surface area (Å²) < 4.78 is 5.20. The van der Waals surface area contributed by atoms with Gasteiger partial charge in [0.2, 0.25) is 5.91 Å². The topological polar surface area (TPSA) is 66.8 Å². The van der Waals surface area contributed by atoms with Crippen LogP contribution in [0.15, 0.2) is 30.3 Å². The van der Waals surface area contributed by atoms with Crippen molar-refractivity contribution in [1.82, 2.24) is 4.90 Å². The number of hydrogen-bond acceptors (Lipinski definition) is 3. The Labute approximate surface area is 117 Å². The van der Waals surface area contributed by atoms with E-state index in [1.165, 1.54) is 6.08 Å². The summed E-state index contributed by atoms with van der Waals surface area (Å²) in [5, 5.41) is 8.92. The molecule has 1 heterocycles. The lowest BCUT2D eigenvalue weighted by Crippen LogP contribution is -2.28. The summed E-state index contributed by atoms with van der Waals surface area (Å²) in [7, 11) is 1.58. The van der Waals surface area contributed by atoms with Crippen molar-refractivity contribution in [3.63, 3.8) is 0 Å². The average molecular weight is 275 g/mol. The molecule has 1 unspecified atom stereocenters. The number of amides is 1. The van der Waals surface area contributed by atoms with Crippen molar-refractivity contribution < 1.29 is 19.4 Å². The molecule has 0 aromatic heterocycles. The molecule has 20 heavy (non-hydrogen) atoms. The Kier molecular flexibility index (Phi) is 4.40. The van der Waals surface area contributed by atoms with Crippen LogP contribution in [0.3, 0.4) is 0 Å². The smallest absolute Gasteiger partial charge is 0.308 e. The van der Waals surface area contributed by atoms with Gasteiger partial charge in [-0.15, -0.1) is 0 Å². The first-order chi connectivity index (χ1) is 9.61. The summed E-state index contributed by atoms with van der Waals surface area (Å²) in [5.41, 5.74) is 0.817. The van der Waals surface area contributed by atoms with Crippen LogP contribution in [0.1, 0.15) is 12.0 Å². The lowest BCUT2D eigenvalue weighted by molar-refractivity contribution is -0.141. The number of nitrogens with zero attached hydrogens (tertiary/aromatic N) is 1. The highest BCUT2D eigenvalue weighted by Gasteiger charge is 2.29. The number of likely N-dealkylation sites (tertiary alicyclic amines) is 1. The second-order valence-corrected chi connectivity index (χ2v) is 4.68. The molecule has 1 aromatic rings. The molecule has 1 saturated heterocycles. The standard InChI is InChI=1S/C15H17NO4/c1-20-13-5-3-2-4-11(13)6-7-14(17)16-9-8-12(10-16)15(18)19/h2-7,12H,8-10H2,1H3,(H,18,19). The van der Waals surface area contributed by atoms with Crippen molar-refractivity contribution in [2.24, 2.45) is 5.92 Å². The molecule has 106 valence electrons. The van der Waals surface area contributed by atoms with Gasteiger partial charge in [-0.1, -0.05) is 18.2 Å². The molecule has 1 aliphatic rings. The van der Waals surface area contributed by atoms with Crippen LogP contribution in [-0.4, -0.2) is 42.1 Å². The number of carbonyl (C=O) groups excluding carboxylic acids is 1. The summed E-state index contributed by atoms with van der Waals surface area (Å²) in [5.74, 6) is -0.756. The Morgan fingerprint density at radius 1 is 1.40 bits per heavy atom. The first-order valence-electron chi connectivity index (χ1n) is 6.44. The molecular weight excluding hydrogens is 258 g/mol. The van der Waals surface area contributed by atoms with Crippen molar-refractivity contribution in [2.75, 3.05) is 20.2 Å². The van der Waals surface area contributed by atoms with E-state index < -0.39 is 11.9 Å². The van der Waals surface area contributed by atoms with E-state index in [1.54, 1.807) is 18.1 Å². The fourth-order valence-corrected chi connectivity index (χ4v) is 2.23. The predicted molar refractivity (Wildman–Crippen MR) is 74.4 cm³/mol. The normalized spacial score (nSPS) is 18.4. The maximum atomic E-state index is 12.0. The first-order valence-corrected chi connectivity index (χ1v) is 6.44. The van der Waals surface area contributed by atoms with Gasteiger partial charge in [0.15, 0.2) is 0 Å². The fraction of sp³-hybridized carbons (Fsp3) is 0.333. The molecule has 5 nitrogen and oxygen atoms in total. The molecule has 0 radical (unpaired) electrons. The van der Waals surface area contributed by atoms with Crippen LogP contribution in [0, 0.1) is 5.92 Å². The minimum Gasteiger partial charge on any atom is -0.496 e. The van der Waals surface area contributed by atoms with Crippen molar-refractivity contribution in [2.45, 2.75) is 6.42 Å². The Balaban J connectivity index is 2.01. The van der Waals surface area contributed by atoms with E-state index in [0.717, 1.165) is 5.56 Å². The minimum absolute atomic E-state index is 0.167. The summed E-state index contributed by atoms with van der Waals surface area (Å²) in [6.07, 6.45) is 3.67. The van der Waals surface area contributed by atoms with E-state index >= 15 is 0 Å². The first kappa shape index (κ1) is 14.1. The van der Waals surface area contributed by atoms with Crippen LogP contribution >= 0.6 is 0 Å². The number of methoxy groups -OCH3 is 1. The predicted octanol–water partition coefficient (Wildman–Crippen LogP) is 1.64. The molecule has 1 atom stereocenters. The number of ether oxygens (including phenoxy) is 1. The van der Waals surface area contributed by atoms with E-state index in [2.05, 4.69) is 0 Å². The van der Waals surface area contributed by atoms with Crippen LogP contribution in [-0.2, 0) is 9.59 Å². The highest BCUT2D eigenvalue weighted by atomic mass is 16.5. The maximum absolute atomic E-state index is 12.0. The number of rotatable bonds is 4. The molecule has 1 N–H and O–H groups in total. The summed E-state index contributed by atoms with van der Waals surface area (Å²) in [4.78, 5) is 24.4. The van der Waals surface area contributed by atoms with E-state index in [1.807, 2.05) is 24.3 Å². The van der Waals surface area contributed by atoms with Gasteiger partial charge in [-0.25, -0.2) is 0 Å². The van der Waals surface area contributed by atoms with Crippen LogP contribution in [0.25, 0.3) is 6.08 Å². The van der Waals surface area contributed by atoms with Crippen molar-refractivity contribution in [1.29, 1.82) is 0 Å². The van der Waals surface area contributed by atoms with Crippen LogP contribution in [0.5, 0.6) is 5.75 Å². The fourth-order valence-electron chi connectivity index (χ4n) is 2.23. The molecule has 1 amide bonds. The maximum Gasteiger partial charge on any atom is 0.308 e. The van der Waals surface area contributed by atoms with Gasteiger partial charge >= 0.3 is 5.97 Å². The quantitative estimate of drug-likeness (QED) is 0.848. The Bertz CT molecular complexity index is 538. The van der Waals surface area contributed by atoms with Gasteiger partial charge in [-0.05, 0) is 18.6 Å². The molecule has 0 saturated carbocycles. The number of aliphatic carboxylic acids is 1. The van der Waals surface area contributed by atoms with Gasteiger partial charge in [0.1, 0.15) is 5.75 Å². The number of benzene rings is 1. The van der Waals surface area contributed by atoms with Gasteiger partial charge in [-0.2, -0.15) is 0 Å². The van der Waals surface area contributed by atoms with Crippen LogP contribution in [0.4, 0.5) is 0 Å². The molecule has 1 fully saturated rings. The van der Waals surface area contributed by atoms with Crippen molar-refractivity contribution in [3.05, 3.63) is 35.9 Å². The van der Waals surface area contributed by atoms with Crippen LogP contribution < -0.4 is 4.74 Å². The third-order valence-electron chi connectivity index (χ3n) is 3.39. The Hall–Kier alpha value is -2.30. The number of carbonyl (C=O) groups is 2. The number of para-hydroxylation sites is 1. The van der Waals surface area contributed by atoms with Crippen LogP contribution in [0.2, 0.25) is 0 Å². The number of hydrogen-bond donors (Lipinski definition) is 1. The van der Waals surface area contributed by atoms with Gasteiger partial charge in [0.25, 0.3) is 0 Å². The molecule has 0 aliphatic carbocycles. The molecule has 1 aliphatic heterocycles. The lowest BCUT2D eigenvalue weighted by atomic mass is 10.1. The third-order valence-corrected chi connectivity index (χ3v) is 3.39. The van der Waals surface area contributed by atoms with E-state index in [4.69, 9.17) is 9.84 Å². The zero-order chi connectivity index (χ0) is 14.5. The van der Waals surface area contributed by atoms with E-state index in [9.17, 15) is 9.59 Å². The Morgan fingerprint density at radius 3 is 2.80 bits per heavy atom. The second-order valence-electron chi connectivity index (χ2n) is 4.68. The highest BCUT2D eigenvalue weighted by molar-refractivity contribution is 5.92. The van der Waals surface area contributed by atoms with Gasteiger partial charge < -0.3 is 14.7 Å². The highest BCUT2D eigenvalue weighted by Crippen LogP contribution is 2.20. The zero-order valence-corrected chi connectivity index (χ0v) is 11.3. The monoisotopic (exact) mass is 275 g/mol. The van der Waals surface area contributed by atoms with Gasteiger partial charge in [0, 0.05) is 24.7 Å². The number of carboxylic acid groups (broad SMARTS) is 1. The van der Waals surface area contributed by atoms with Gasteiger partial charge in [0.05, 0.1) is 13.0 Å². The van der Waals surface area contributed by atoms with Crippen molar-refractivity contribution in [3.8, 4) is 5.75 Å². The lowest BCUT2D eigenvalue weighted by Gasteiger charge is -2.13. The van der Waals surface area contributed by atoms with Gasteiger partial charge in [-0.3, -0.25) is 9.59 Å². The summed E-state index contributed by atoms with van der Waals surface area (Å²) >= 11 is 0. The molecule has 5 heteroatoms. The van der Waals surface area contributed by atoms with E-state index in [0.29, 0.717) is 18.7 Å². The molecule has 0 bridgehead atoms. The molecule has 2 rings (SSSR count). The largest absolute Gasteiger partial charge is 0.496 e.